The van der Waals surface area contributed by atoms with E-state index in [4.69, 9.17) is 22.2 Å². The van der Waals surface area contributed by atoms with Crippen LogP contribution in [0.3, 0.4) is 0 Å². The topological polar surface area (TPSA) is 56.4 Å². The van der Waals surface area contributed by atoms with Crippen LogP contribution in [0.1, 0.15) is 43.2 Å². The molecule has 0 saturated heterocycles. The second kappa shape index (κ2) is 8.41. The van der Waals surface area contributed by atoms with E-state index in [9.17, 15) is 4.39 Å². The summed E-state index contributed by atoms with van der Waals surface area (Å²) in [5.41, 5.74) is 7.87. The van der Waals surface area contributed by atoms with Crippen LogP contribution in [0.4, 0.5) is 4.39 Å². The van der Waals surface area contributed by atoms with Crippen LogP contribution >= 0.6 is 11.6 Å². The zero-order valence-corrected chi connectivity index (χ0v) is 17.2. The van der Waals surface area contributed by atoms with Crippen LogP contribution in [-0.4, -0.2) is 16.5 Å². The molecule has 0 unspecified atom stereocenters. The molecule has 29 heavy (non-hydrogen) atoms. The maximum atomic E-state index is 14.9. The number of aryl methyl sites for hydroxylation is 1. The average Bonchev–Trinajstić information content (AvgIpc) is 3.11. The lowest BCUT2D eigenvalue weighted by Crippen LogP contribution is -2.26. The van der Waals surface area contributed by atoms with Crippen LogP contribution in [0.2, 0.25) is 5.02 Å². The molecule has 1 fully saturated rings. The Hall–Kier alpha value is -2.60. The Morgan fingerprint density at radius 2 is 2.10 bits per heavy atom. The molecule has 0 radical (unpaired) electrons. The van der Waals surface area contributed by atoms with Gasteiger partial charge in [-0.1, -0.05) is 23.2 Å². The minimum atomic E-state index is -0.412. The number of benzene rings is 1. The van der Waals surface area contributed by atoms with E-state index in [0.717, 1.165) is 36.6 Å². The lowest BCUT2D eigenvalue weighted by Gasteiger charge is -2.19. The van der Waals surface area contributed by atoms with E-state index in [1.807, 2.05) is 46.9 Å². The van der Waals surface area contributed by atoms with Crippen molar-refractivity contribution in [2.45, 2.75) is 44.8 Å². The van der Waals surface area contributed by atoms with Crippen molar-refractivity contribution in [1.29, 1.82) is 0 Å². The largest absolute Gasteiger partial charge is 0.391 e. The molecular weight excluding hydrogens is 391 g/mol. The Morgan fingerprint density at radius 3 is 2.86 bits per heavy atom. The summed E-state index contributed by atoms with van der Waals surface area (Å²) in [5, 5.41) is 5.43. The van der Waals surface area contributed by atoms with Gasteiger partial charge in [0.2, 0.25) is 0 Å². The third-order valence-electron chi connectivity index (χ3n) is 5.47. The van der Waals surface area contributed by atoms with E-state index in [0.29, 0.717) is 22.7 Å². The number of rotatable bonds is 5. The van der Waals surface area contributed by atoms with Crippen LogP contribution < -0.4 is 10.3 Å². The summed E-state index contributed by atoms with van der Waals surface area (Å²) in [5.74, 6) is -0.271. The van der Waals surface area contributed by atoms with Crippen LogP contribution in [0.15, 0.2) is 48.0 Å². The second-order valence-electron chi connectivity index (χ2n) is 7.65. The molecule has 1 aliphatic rings. The predicted octanol–water partition coefficient (Wildman–Crippen LogP) is 4.28. The molecule has 1 saturated carbocycles. The summed E-state index contributed by atoms with van der Waals surface area (Å²) >= 11 is 6.42. The molecule has 2 aromatic heterocycles. The van der Waals surface area contributed by atoms with Crippen LogP contribution in [0.5, 0.6) is 0 Å². The van der Waals surface area contributed by atoms with Crippen molar-refractivity contribution in [3.8, 4) is 0 Å². The highest BCUT2D eigenvalue weighted by molar-refractivity contribution is 6.31. The Kier molecular flexibility index (Phi) is 5.72. The maximum Gasteiger partial charge on any atom is 0.193 e. The number of halogens is 2. The van der Waals surface area contributed by atoms with Crippen molar-refractivity contribution in [2.75, 3.05) is 0 Å². The zero-order chi connectivity index (χ0) is 20.4. The molecular formula is C22H25ClFN4O+. The molecule has 0 aliphatic heterocycles. The number of nitrogens with two attached hydrogens (primary N) is 1. The maximum absolute atomic E-state index is 14.9. The smallest absolute Gasteiger partial charge is 0.193 e. The molecule has 0 spiro atoms. The summed E-state index contributed by atoms with van der Waals surface area (Å²) in [4.78, 5) is 5.54. The Balaban J connectivity index is 1.55. The Labute approximate surface area is 174 Å². The Morgan fingerprint density at radius 1 is 1.31 bits per heavy atom. The average molecular weight is 416 g/mol. The minimum Gasteiger partial charge on any atom is -0.391 e. The number of hydrogen-bond acceptors (Lipinski definition) is 2. The SMILES string of the molecule is C[n+]1ccc2ccn(Cc3c(F)cc(C(N)=NOC4CCCCC4)cc3Cl)c2c1. The van der Waals surface area contributed by atoms with Gasteiger partial charge in [-0.2, -0.15) is 0 Å². The number of aromatic nitrogens is 2. The third kappa shape index (κ3) is 4.37. The number of amidine groups is 1. The third-order valence-corrected chi connectivity index (χ3v) is 5.81. The van der Waals surface area contributed by atoms with E-state index < -0.39 is 5.82 Å². The molecule has 7 heteroatoms. The first-order valence-corrected chi connectivity index (χ1v) is 10.3. The van der Waals surface area contributed by atoms with Gasteiger partial charge < -0.3 is 15.1 Å². The second-order valence-corrected chi connectivity index (χ2v) is 8.06. The van der Waals surface area contributed by atoms with Crippen molar-refractivity contribution in [2.24, 2.45) is 17.9 Å². The molecule has 5 nitrogen and oxygen atoms in total. The van der Waals surface area contributed by atoms with Gasteiger partial charge in [-0.3, -0.25) is 0 Å². The molecule has 1 aliphatic carbocycles. The van der Waals surface area contributed by atoms with Gasteiger partial charge in [0.1, 0.15) is 24.5 Å². The van der Waals surface area contributed by atoms with Gasteiger partial charge in [0.15, 0.2) is 18.2 Å². The van der Waals surface area contributed by atoms with Crippen molar-refractivity contribution >= 4 is 28.3 Å². The van der Waals surface area contributed by atoms with Gasteiger partial charge in [0, 0.05) is 33.8 Å². The molecule has 2 heterocycles. The van der Waals surface area contributed by atoms with E-state index in [2.05, 4.69) is 5.16 Å². The first-order chi connectivity index (χ1) is 14.0. The fourth-order valence-electron chi connectivity index (χ4n) is 3.79. The van der Waals surface area contributed by atoms with E-state index in [-0.39, 0.29) is 11.9 Å². The summed E-state index contributed by atoms with van der Waals surface area (Å²) in [6.45, 7) is 0.327. The molecule has 1 aromatic carbocycles. The van der Waals surface area contributed by atoms with E-state index >= 15 is 0 Å². The van der Waals surface area contributed by atoms with Gasteiger partial charge in [-0.25, -0.2) is 8.96 Å². The number of pyridine rings is 1. The minimum absolute atomic E-state index is 0.0882. The summed E-state index contributed by atoms with van der Waals surface area (Å²) in [7, 11) is 1.95. The van der Waals surface area contributed by atoms with Crippen molar-refractivity contribution in [1.82, 2.24) is 4.57 Å². The van der Waals surface area contributed by atoms with Crippen LogP contribution in [-0.2, 0) is 18.4 Å². The highest BCUT2D eigenvalue weighted by Gasteiger charge is 2.17. The normalized spacial score (nSPS) is 15.8. The first-order valence-electron chi connectivity index (χ1n) is 9.93. The molecule has 0 amide bonds. The number of fused-ring (bicyclic) bond motifs is 1. The summed E-state index contributed by atoms with van der Waals surface area (Å²) in [6.07, 6.45) is 11.5. The molecule has 4 rings (SSSR count). The summed E-state index contributed by atoms with van der Waals surface area (Å²) < 4.78 is 18.8. The fraction of sp³-hybridized carbons (Fsp3) is 0.364. The lowest BCUT2D eigenvalue weighted by molar-refractivity contribution is -0.670. The van der Waals surface area contributed by atoms with Crippen LogP contribution in [0.25, 0.3) is 10.9 Å². The highest BCUT2D eigenvalue weighted by atomic mass is 35.5. The van der Waals surface area contributed by atoms with Gasteiger partial charge >= 0.3 is 0 Å². The van der Waals surface area contributed by atoms with Crippen molar-refractivity contribution in [3.05, 3.63) is 64.8 Å². The molecule has 152 valence electrons. The highest BCUT2D eigenvalue weighted by Crippen LogP contribution is 2.25. The number of nitrogens with zero attached hydrogens (tertiary/aromatic N) is 3. The standard InChI is InChI=1S/C22H25ClFN4O/c1-27-9-7-15-8-10-28(21(15)14-27)13-18-19(23)11-16(12-20(18)24)22(25)26-29-17-5-3-2-4-6-17/h7-12,14,17H,2-6,13H2,1H3,(H2,25,26)/q+1. The zero-order valence-electron chi connectivity index (χ0n) is 16.4. The van der Waals surface area contributed by atoms with Gasteiger partial charge in [0.05, 0.1) is 6.54 Å². The number of oxime groups is 1. The quantitative estimate of drug-likeness (QED) is 0.293. The predicted molar refractivity (Wildman–Crippen MR) is 112 cm³/mol. The van der Waals surface area contributed by atoms with E-state index in [1.54, 1.807) is 6.07 Å². The lowest BCUT2D eigenvalue weighted by atomic mass is 9.98. The van der Waals surface area contributed by atoms with Crippen LogP contribution in [0, 0.1) is 5.82 Å². The van der Waals surface area contributed by atoms with Gasteiger partial charge in [-0.15, -0.1) is 0 Å². The van der Waals surface area contributed by atoms with Crippen molar-refractivity contribution in [3.63, 3.8) is 0 Å². The molecule has 0 bridgehead atoms. The van der Waals surface area contributed by atoms with E-state index in [1.165, 1.54) is 12.5 Å². The number of hydrogen-bond donors (Lipinski definition) is 1. The van der Waals surface area contributed by atoms with Gasteiger partial charge in [0.25, 0.3) is 0 Å². The molecule has 3 aromatic rings. The Bertz CT molecular complexity index is 1030. The first kappa shape index (κ1) is 19.7. The monoisotopic (exact) mass is 415 g/mol. The molecule has 2 N–H and O–H groups in total. The van der Waals surface area contributed by atoms with Crippen molar-refractivity contribution < 1.29 is 13.8 Å². The fourth-order valence-corrected chi connectivity index (χ4v) is 4.06. The molecule has 0 atom stereocenters. The van der Waals surface area contributed by atoms with Gasteiger partial charge in [-0.05, 0) is 43.9 Å². The summed E-state index contributed by atoms with van der Waals surface area (Å²) in [6, 6.07) is 7.05.